The molecule has 0 saturated heterocycles. The SMILES string of the molecule is N#Cc1ccc(-c2ccc3c(c2)-c2cc(-c4cccc(-c5nc(-c6ccccc6)cc(-c6ccccc6)n5)c4)ccc2C32c3ccccc3Oc3ccccc32)cc1. The summed E-state index contributed by atoms with van der Waals surface area (Å²) in [7, 11) is 0. The fraction of sp³-hybridized carbons (Fsp3) is 0.0185. The molecule has 1 spiro atoms. The third-order valence-electron chi connectivity index (χ3n) is 11.6. The largest absolute Gasteiger partial charge is 0.457 e. The van der Waals surface area contributed by atoms with E-state index < -0.39 is 5.41 Å². The van der Waals surface area contributed by atoms with Gasteiger partial charge in [-0.2, -0.15) is 5.26 Å². The predicted molar refractivity (Wildman–Crippen MR) is 231 cm³/mol. The Morgan fingerprint density at radius 3 is 1.41 bits per heavy atom. The van der Waals surface area contributed by atoms with Crippen molar-refractivity contribution in [2.45, 2.75) is 5.41 Å². The third kappa shape index (κ3) is 5.29. The lowest BCUT2D eigenvalue weighted by atomic mass is 9.66. The smallest absolute Gasteiger partial charge is 0.160 e. The molecule has 4 heteroatoms. The number of rotatable bonds is 5. The van der Waals surface area contributed by atoms with Crippen LogP contribution in [0.4, 0.5) is 0 Å². The van der Waals surface area contributed by atoms with Crippen molar-refractivity contribution in [3.63, 3.8) is 0 Å². The molecule has 0 fully saturated rings. The molecule has 0 atom stereocenters. The molecule has 0 saturated carbocycles. The molecule has 8 aromatic carbocycles. The van der Waals surface area contributed by atoms with Crippen LogP contribution in [0.2, 0.25) is 0 Å². The van der Waals surface area contributed by atoms with Gasteiger partial charge in [0.05, 0.1) is 28.4 Å². The Morgan fingerprint density at radius 2 is 0.845 bits per heavy atom. The maximum Gasteiger partial charge on any atom is 0.160 e. The lowest BCUT2D eigenvalue weighted by Gasteiger charge is -2.39. The number of ether oxygens (including phenoxy) is 1. The molecule has 0 N–H and O–H groups in total. The van der Waals surface area contributed by atoms with Gasteiger partial charge in [0.15, 0.2) is 5.82 Å². The molecule has 0 radical (unpaired) electrons. The van der Waals surface area contributed by atoms with E-state index in [2.05, 4.69) is 133 Å². The summed E-state index contributed by atoms with van der Waals surface area (Å²) < 4.78 is 6.59. The Hall–Kier alpha value is -7.87. The number of fused-ring (bicyclic) bond motifs is 9. The first-order chi connectivity index (χ1) is 28.7. The third-order valence-corrected chi connectivity index (χ3v) is 11.6. The highest BCUT2D eigenvalue weighted by Crippen LogP contribution is 2.62. The van der Waals surface area contributed by atoms with E-state index in [1.165, 1.54) is 22.3 Å². The van der Waals surface area contributed by atoms with Crippen LogP contribution in [0.3, 0.4) is 0 Å². The summed E-state index contributed by atoms with van der Waals surface area (Å²) in [5.74, 6) is 2.40. The van der Waals surface area contributed by atoms with Gasteiger partial charge in [-0.1, -0.05) is 152 Å². The second kappa shape index (κ2) is 13.4. The standard InChI is InChI=1S/C54H33N3O/c55-34-35-22-24-36(25-23-35)40-26-28-45-43(31-40)44-32-41(27-29-46(44)54(45)47-18-7-9-20-51(47)58-52-21-10-8-19-48(52)54)39-16-11-17-42(30-39)53-56-49(37-12-3-1-4-13-37)33-50(57-53)38-14-5-2-6-15-38/h1-33H. The summed E-state index contributed by atoms with van der Waals surface area (Å²) in [6.07, 6.45) is 0. The van der Waals surface area contributed by atoms with Crippen LogP contribution < -0.4 is 4.74 Å². The van der Waals surface area contributed by atoms with E-state index >= 15 is 0 Å². The maximum absolute atomic E-state index is 9.49. The molecule has 1 aliphatic carbocycles. The molecule has 2 aliphatic rings. The molecule has 0 amide bonds. The quantitative estimate of drug-likeness (QED) is 0.176. The van der Waals surface area contributed by atoms with Crippen LogP contribution in [0.1, 0.15) is 27.8 Å². The Balaban J connectivity index is 1.10. The second-order valence-corrected chi connectivity index (χ2v) is 14.8. The van der Waals surface area contributed by atoms with Crippen molar-refractivity contribution >= 4 is 0 Å². The van der Waals surface area contributed by atoms with Crippen molar-refractivity contribution in [3.8, 4) is 84.9 Å². The summed E-state index contributed by atoms with van der Waals surface area (Å²) >= 11 is 0. The summed E-state index contributed by atoms with van der Waals surface area (Å²) in [6.45, 7) is 0. The summed E-state index contributed by atoms with van der Waals surface area (Å²) in [4.78, 5) is 10.3. The number of nitrogens with zero attached hydrogens (tertiary/aromatic N) is 3. The van der Waals surface area contributed by atoms with E-state index in [4.69, 9.17) is 14.7 Å². The van der Waals surface area contributed by atoms with Crippen LogP contribution in [-0.4, -0.2) is 9.97 Å². The van der Waals surface area contributed by atoms with Crippen LogP contribution in [0.25, 0.3) is 67.3 Å². The Morgan fingerprint density at radius 1 is 0.379 bits per heavy atom. The first-order valence-electron chi connectivity index (χ1n) is 19.4. The van der Waals surface area contributed by atoms with Gasteiger partial charge in [-0.3, -0.25) is 0 Å². The molecule has 4 nitrogen and oxygen atoms in total. The average molecular weight is 740 g/mol. The van der Waals surface area contributed by atoms with E-state index in [9.17, 15) is 5.26 Å². The van der Waals surface area contributed by atoms with Crippen LogP contribution in [0, 0.1) is 11.3 Å². The van der Waals surface area contributed by atoms with Gasteiger partial charge >= 0.3 is 0 Å². The Kier molecular flexibility index (Phi) is 7.74. The first-order valence-corrected chi connectivity index (χ1v) is 19.4. The first kappa shape index (κ1) is 33.5. The van der Waals surface area contributed by atoms with Gasteiger partial charge in [0.25, 0.3) is 0 Å². The lowest BCUT2D eigenvalue weighted by Crippen LogP contribution is -2.32. The number of aromatic nitrogens is 2. The zero-order chi connectivity index (χ0) is 38.6. The van der Waals surface area contributed by atoms with Gasteiger partial charge in [-0.05, 0) is 93.0 Å². The summed E-state index contributed by atoms with van der Waals surface area (Å²) in [5, 5.41) is 9.49. The second-order valence-electron chi connectivity index (χ2n) is 14.8. The molecule has 58 heavy (non-hydrogen) atoms. The van der Waals surface area contributed by atoms with E-state index in [0.29, 0.717) is 11.4 Å². The molecule has 270 valence electrons. The van der Waals surface area contributed by atoms with Gasteiger partial charge in [0, 0.05) is 27.8 Å². The predicted octanol–water partition coefficient (Wildman–Crippen LogP) is 13.2. The zero-order valence-electron chi connectivity index (χ0n) is 31.3. The maximum atomic E-state index is 9.49. The van der Waals surface area contributed by atoms with Crippen molar-refractivity contribution in [3.05, 3.63) is 228 Å². The number of hydrogen-bond donors (Lipinski definition) is 0. The molecule has 1 aliphatic heterocycles. The summed E-state index contributed by atoms with van der Waals surface area (Å²) in [5.41, 5.74) is 16.2. The molecular formula is C54H33N3O. The average Bonchev–Trinajstić information content (AvgIpc) is 3.59. The highest BCUT2D eigenvalue weighted by Gasteiger charge is 2.51. The number of para-hydroxylation sites is 2. The van der Waals surface area contributed by atoms with Gasteiger partial charge in [0.1, 0.15) is 11.5 Å². The summed E-state index contributed by atoms with van der Waals surface area (Å²) in [6, 6.07) is 72.0. The van der Waals surface area contributed by atoms with Crippen molar-refractivity contribution < 1.29 is 4.74 Å². The van der Waals surface area contributed by atoms with E-state index in [1.807, 2.05) is 72.8 Å². The number of nitriles is 1. The van der Waals surface area contributed by atoms with Gasteiger partial charge in [-0.25, -0.2) is 9.97 Å². The van der Waals surface area contributed by atoms with Crippen molar-refractivity contribution in [2.24, 2.45) is 0 Å². The molecule has 9 aromatic rings. The van der Waals surface area contributed by atoms with Crippen molar-refractivity contribution in [1.29, 1.82) is 5.26 Å². The van der Waals surface area contributed by atoms with Crippen molar-refractivity contribution in [1.82, 2.24) is 9.97 Å². The number of hydrogen-bond acceptors (Lipinski definition) is 4. The van der Waals surface area contributed by atoms with Crippen LogP contribution in [0.5, 0.6) is 11.5 Å². The fourth-order valence-electron chi connectivity index (χ4n) is 8.93. The Bertz CT molecular complexity index is 2990. The van der Waals surface area contributed by atoms with E-state index in [0.717, 1.165) is 73.0 Å². The molecule has 0 unspecified atom stereocenters. The number of benzene rings is 8. The highest BCUT2D eigenvalue weighted by molar-refractivity contribution is 5.93. The minimum atomic E-state index is -0.584. The molecular weight excluding hydrogens is 707 g/mol. The van der Waals surface area contributed by atoms with E-state index in [1.54, 1.807) is 0 Å². The monoisotopic (exact) mass is 739 g/mol. The van der Waals surface area contributed by atoms with Crippen molar-refractivity contribution in [2.75, 3.05) is 0 Å². The molecule has 2 heterocycles. The minimum absolute atomic E-state index is 0.584. The van der Waals surface area contributed by atoms with Crippen LogP contribution in [0.15, 0.2) is 200 Å². The molecule has 0 bridgehead atoms. The highest BCUT2D eigenvalue weighted by atomic mass is 16.5. The normalized spacial score (nSPS) is 12.7. The fourth-order valence-corrected chi connectivity index (χ4v) is 8.93. The van der Waals surface area contributed by atoms with Gasteiger partial charge < -0.3 is 4.74 Å². The van der Waals surface area contributed by atoms with Gasteiger partial charge in [-0.15, -0.1) is 0 Å². The van der Waals surface area contributed by atoms with Crippen LogP contribution in [-0.2, 0) is 5.41 Å². The van der Waals surface area contributed by atoms with E-state index in [-0.39, 0.29) is 0 Å². The zero-order valence-corrected chi connectivity index (χ0v) is 31.3. The molecule has 11 rings (SSSR count). The minimum Gasteiger partial charge on any atom is -0.457 e. The Labute approximate surface area is 337 Å². The van der Waals surface area contributed by atoms with Gasteiger partial charge in [0.2, 0.25) is 0 Å². The topological polar surface area (TPSA) is 58.8 Å². The van der Waals surface area contributed by atoms with Crippen LogP contribution >= 0.6 is 0 Å². The lowest BCUT2D eigenvalue weighted by molar-refractivity contribution is 0.436. The molecule has 1 aromatic heterocycles.